The van der Waals surface area contributed by atoms with Crippen LogP contribution in [0.4, 0.5) is 0 Å². The zero-order valence-corrected chi connectivity index (χ0v) is 13.0. The molecule has 0 aliphatic carbocycles. The summed E-state index contributed by atoms with van der Waals surface area (Å²) in [6.45, 7) is 7.89. The van der Waals surface area contributed by atoms with Crippen molar-refractivity contribution in [2.24, 2.45) is 11.1 Å². The summed E-state index contributed by atoms with van der Waals surface area (Å²) < 4.78 is 0. The predicted octanol–water partition coefficient (Wildman–Crippen LogP) is 3.23. The molecule has 0 aliphatic heterocycles. The smallest absolute Gasteiger partial charge is 0.240 e. The molecule has 0 saturated heterocycles. The zero-order chi connectivity index (χ0) is 14.8. The average molecular weight is 283 g/mol. The quantitative estimate of drug-likeness (QED) is 0.925. The molecule has 3 nitrogen and oxygen atoms in total. The lowest BCUT2D eigenvalue weighted by molar-refractivity contribution is -0.135. The van der Waals surface area contributed by atoms with E-state index in [-0.39, 0.29) is 17.4 Å². The van der Waals surface area contributed by atoms with E-state index in [0.29, 0.717) is 5.02 Å². The molecule has 0 aliphatic rings. The van der Waals surface area contributed by atoms with Crippen molar-refractivity contribution in [2.75, 3.05) is 7.05 Å². The fourth-order valence-corrected chi connectivity index (χ4v) is 1.87. The molecule has 2 atom stereocenters. The number of likely N-dealkylation sites (N-methyl/N-ethyl adjacent to an activating group) is 1. The molecule has 1 aromatic rings. The molecule has 0 radical (unpaired) electrons. The van der Waals surface area contributed by atoms with Crippen LogP contribution in [0.1, 0.15) is 39.3 Å². The molecule has 0 bridgehead atoms. The van der Waals surface area contributed by atoms with Crippen LogP contribution in [0.2, 0.25) is 5.02 Å². The summed E-state index contributed by atoms with van der Waals surface area (Å²) in [5.74, 6) is -0.0463. The molecule has 106 valence electrons. The van der Waals surface area contributed by atoms with Crippen LogP contribution in [-0.4, -0.2) is 23.9 Å². The van der Waals surface area contributed by atoms with Crippen molar-refractivity contribution in [2.45, 2.75) is 39.8 Å². The Bertz CT molecular complexity index is 436. The van der Waals surface area contributed by atoms with Crippen LogP contribution in [0.15, 0.2) is 24.3 Å². The summed E-state index contributed by atoms with van der Waals surface area (Å²) in [4.78, 5) is 14.0. The molecule has 19 heavy (non-hydrogen) atoms. The normalized spacial score (nSPS) is 14.9. The molecule has 0 fully saturated rings. The summed E-state index contributed by atoms with van der Waals surface area (Å²) in [6.07, 6.45) is 0. The highest BCUT2D eigenvalue weighted by molar-refractivity contribution is 6.30. The Morgan fingerprint density at radius 2 is 1.74 bits per heavy atom. The first kappa shape index (κ1) is 16.0. The van der Waals surface area contributed by atoms with Gasteiger partial charge in [0.1, 0.15) is 0 Å². The van der Waals surface area contributed by atoms with E-state index in [1.807, 2.05) is 52.0 Å². The Morgan fingerprint density at radius 1 is 1.26 bits per heavy atom. The summed E-state index contributed by atoms with van der Waals surface area (Å²) in [7, 11) is 1.78. The molecule has 1 unspecified atom stereocenters. The standard InChI is InChI=1S/C15H23ClN2O/c1-10(11-6-8-12(16)9-7-11)18(5)14(19)13(17)15(2,3)4/h6-10,13H,17H2,1-5H3/t10?,13-/m0/s1. The zero-order valence-electron chi connectivity index (χ0n) is 12.3. The molecule has 0 aromatic heterocycles. The van der Waals surface area contributed by atoms with Gasteiger partial charge in [-0.15, -0.1) is 0 Å². The Labute approximate surface area is 120 Å². The first-order chi connectivity index (χ1) is 8.64. The van der Waals surface area contributed by atoms with Gasteiger partial charge < -0.3 is 10.6 Å². The van der Waals surface area contributed by atoms with E-state index in [1.54, 1.807) is 11.9 Å². The van der Waals surface area contributed by atoms with Crippen LogP contribution in [0.25, 0.3) is 0 Å². The Hall–Kier alpha value is -1.06. The Kier molecular flexibility index (Phi) is 4.99. The number of nitrogens with zero attached hydrogens (tertiary/aromatic N) is 1. The highest BCUT2D eigenvalue weighted by Gasteiger charge is 2.31. The third-order valence-corrected chi connectivity index (χ3v) is 3.73. The number of amides is 1. The van der Waals surface area contributed by atoms with E-state index in [2.05, 4.69) is 0 Å². The second-order valence-electron chi connectivity index (χ2n) is 6.02. The van der Waals surface area contributed by atoms with Gasteiger partial charge in [-0.25, -0.2) is 0 Å². The third kappa shape index (κ3) is 3.95. The third-order valence-electron chi connectivity index (χ3n) is 3.48. The van der Waals surface area contributed by atoms with Crippen LogP contribution in [0.3, 0.4) is 0 Å². The first-order valence-corrected chi connectivity index (χ1v) is 6.80. The van der Waals surface area contributed by atoms with E-state index in [1.165, 1.54) is 0 Å². The molecule has 0 saturated carbocycles. The van der Waals surface area contributed by atoms with E-state index in [0.717, 1.165) is 5.56 Å². The molecular weight excluding hydrogens is 260 g/mol. The number of hydrogen-bond acceptors (Lipinski definition) is 2. The van der Waals surface area contributed by atoms with Crippen LogP contribution in [-0.2, 0) is 4.79 Å². The van der Waals surface area contributed by atoms with Crippen molar-refractivity contribution in [1.29, 1.82) is 0 Å². The second kappa shape index (κ2) is 5.93. The van der Waals surface area contributed by atoms with Crippen molar-refractivity contribution in [3.05, 3.63) is 34.9 Å². The van der Waals surface area contributed by atoms with Crippen molar-refractivity contribution in [3.63, 3.8) is 0 Å². The fraction of sp³-hybridized carbons (Fsp3) is 0.533. The van der Waals surface area contributed by atoms with Crippen molar-refractivity contribution in [1.82, 2.24) is 4.90 Å². The SMILES string of the molecule is CC(c1ccc(Cl)cc1)N(C)C(=O)[C@H](N)C(C)(C)C. The van der Waals surface area contributed by atoms with Crippen LogP contribution < -0.4 is 5.73 Å². The minimum Gasteiger partial charge on any atom is -0.338 e. The topological polar surface area (TPSA) is 46.3 Å². The Balaban J connectivity index is 2.85. The van der Waals surface area contributed by atoms with Gasteiger partial charge in [0.25, 0.3) is 0 Å². The van der Waals surface area contributed by atoms with Crippen LogP contribution in [0, 0.1) is 5.41 Å². The van der Waals surface area contributed by atoms with Crippen LogP contribution >= 0.6 is 11.6 Å². The van der Waals surface area contributed by atoms with Gasteiger partial charge >= 0.3 is 0 Å². The van der Waals surface area contributed by atoms with E-state index in [4.69, 9.17) is 17.3 Å². The van der Waals surface area contributed by atoms with Crippen LogP contribution in [0.5, 0.6) is 0 Å². The van der Waals surface area contributed by atoms with Crippen molar-refractivity contribution < 1.29 is 4.79 Å². The summed E-state index contributed by atoms with van der Waals surface area (Å²) >= 11 is 5.87. The monoisotopic (exact) mass is 282 g/mol. The van der Waals surface area contributed by atoms with Crippen molar-refractivity contribution in [3.8, 4) is 0 Å². The lowest BCUT2D eigenvalue weighted by atomic mass is 9.86. The summed E-state index contributed by atoms with van der Waals surface area (Å²) in [5, 5.41) is 0.691. The number of carbonyl (C=O) groups excluding carboxylic acids is 1. The van der Waals surface area contributed by atoms with Gasteiger partial charge in [-0.2, -0.15) is 0 Å². The van der Waals surface area contributed by atoms with Gasteiger partial charge in [0.05, 0.1) is 12.1 Å². The van der Waals surface area contributed by atoms with Gasteiger partial charge in [-0.05, 0) is 30.0 Å². The number of halogens is 1. The van der Waals surface area contributed by atoms with Gasteiger partial charge in [0.15, 0.2) is 0 Å². The lowest BCUT2D eigenvalue weighted by Gasteiger charge is -2.33. The molecule has 1 aromatic carbocycles. The summed E-state index contributed by atoms with van der Waals surface area (Å²) in [5.41, 5.74) is 6.82. The van der Waals surface area contributed by atoms with Gasteiger partial charge in [-0.1, -0.05) is 44.5 Å². The fourth-order valence-electron chi connectivity index (χ4n) is 1.75. The average Bonchev–Trinajstić information content (AvgIpc) is 2.35. The lowest BCUT2D eigenvalue weighted by Crippen LogP contribution is -2.49. The van der Waals surface area contributed by atoms with E-state index >= 15 is 0 Å². The van der Waals surface area contributed by atoms with E-state index < -0.39 is 6.04 Å². The Morgan fingerprint density at radius 3 is 2.16 bits per heavy atom. The van der Waals surface area contributed by atoms with Gasteiger partial charge in [0, 0.05) is 12.1 Å². The maximum absolute atomic E-state index is 12.3. The molecule has 4 heteroatoms. The van der Waals surface area contributed by atoms with Gasteiger partial charge in [-0.3, -0.25) is 4.79 Å². The number of carbonyl (C=O) groups is 1. The highest BCUT2D eigenvalue weighted by Crippen LogP contribution is 2.24. The molecule has 2 N–H and O–H groups in total. The summed E-state index contributed by atoms with van der Waals surface area (Å²) in [6, 6.07) is 6.98. The maximum atomic E-state index is 12.3. The highest BCUT2D eigenvalue weighted by atomic mass is 35.5. The number of benzene rings is 1. The number of nitrogens with two attached hydrogens (primary N) is 1. The minimum atomic E-state index is -0.507. The molecule has 0 heterocycles. The van der Waals surface area contributed by atoms with E-state index in [9.17, 15) is 4.79 Å². The largest absolute Gasteiger partial charge is 0.338 e. The first-order valence-electron chi connectivity index (χ1n) is 6.42. The second-order valence-corrected chi connectivity index (χ2v) is 6.46. The predicted molar refractivity (Wildman–Crippen MR) is 80.1 cm³/mol. The maximum Gasteiger partial charge on any atom is 0.240 e. The molecule has 1 amide bonds. The molecular formula is C15H23ClN2O. The van der Waals surface area contributed by atoms with Crippen molar-refractivity contribution >= 4 is 17.5 Å². The molecule has 1 rings (SSSR count). The minimum absolute atomic E-state index is 0.0295. The number of rotatable bonds is 3. The number of hydrogen-bond donors (Lipinski definition) is 1. The molecule has 0 spiro atoms. The van der Waals surface area contributed by atoms with Gasteiger partial charge in [0.2, 0.25) is 5.91 Å².